The smallest absolute Gasteiger partial charge is 0.0651 e. The summed E-state index contributed by atoms with van der Waals surface area (Å²) in [5.74, 6) is 3.16. The molecule has 2 nitrogen and oxygen atoms in total. The minimum Gasteiger partial charge on any atom is -0.374 e. The van der Waals surface area contributed by atoms with Gasteiger partial charge in [0.25, 0.3) is 0 Å². The predicted octanol–water partition coefficient (Wildman–Crippen LogP) is 3.53. The Morgan fingerprint density at radius 1 is 0.950 bits per heavy atom. The third-order valence-electron chi connectivity index (χ3n) is 6.27. The highest BCUT2D eigenvalue weighted by Gasteiger charge is 2.49. The maximum absolute atomic E-state index is 6.02. The lowest BCUT2D eigenvalue weighted by Gasteiger charge is -2.55. The fourth-order valence-corrected chi connectivity index (χ4v) is 5.83. The normalized spacial score (nSPS) is 44.5. The fraction of sp³-hybridized carbons (Fsp3) is 0.889. The Labute approximate surface area is 123 Å². The minimum absolute atomic E-state index is 0.497. The van der Waals surface area contributed by atoms with Crippen LogP contribution in [0.25, 0.3) is 0 Å². The van der Waals surface area contributed by atoms with Gasteiger partial charge >= 0.3 is 0 Å². The zero-order valence-electron chi connectivity index (χ0n) is 12.7. The van der Waals surface area contributed by atoms with E-state index in [0.29, 0.717) is 11.5 Å². The molecule has 1 saturated heterocycles. The van der Waals surface area contributed by atoms with Crippen molar-refractivity contribution in [2.45, 2.75) is 57.5 Å². The van der Waals surface area contributed by atoms with Gasteiger partial charge in [0.05, 0.1) is 12.7 Å². The van der Waals surface area contributed by atoms with Crippen LogP contribution in [0.5, 0.6) is 0 Å². The van der Waals surface area contributed by atoms with E-state index < -0.39 is 0 Å². The summed E-state index contributed by atoms with van der Waals surface area (Å²) in [7, 11) is 0. The van der Waals surface area contributed by atoms with Gasteiger partial charge in [0.15, 0.2) is 0 Å². The van der Waals surface area contributed by atoms with Gasteiger partial charge in [-0.15, -0.1) is 0 Å². The van der Waals surface area contributed by atoms with E-state index in [2.05, 4.69) is 17.5 Å². The molecular formula is C18H29NO. The quantitative estimate of drug-likeness (QED) is 0.793. The molecule has 5 rings (SSSR count). The van der Waals surface area contributed by atoms with Crippen molar-refractivity contribution in [1.29, 1.82) is 0 Å². The highest BCUT2D eigenvalue weighted by Crippen LogP contribution is 2.60. The zero-order chi connectivity index (χ0) is 13.4. The molecule has 1 aliphatic heterocycles. The number of piperidine rings is 1. The van der Waals surface area contributed by atoms with E-state index in [1.54, 1.807) is 0 Å². The van der Waals surface area contributed by atoms with E-state index in [1.807, 2.05) is 0 Å². The Balaban J connectivity index is 1.31. The molecule has 0 unspecified atom stereocenters. The largest absolute Gasteiger partial charge is 0.374 e. The summed E-state index contributed by atoms with van der Waals surface area (Å²) in [6.45, 7) is 3.10. The van der Waals surface area contributed by atoms with Crippen molar-refractivity contribution >= 4 is 0 Å². The molecule has 0 aromatic rings. The summed E-state index contributed by atoms with van der Waals surface area (Å²) in [5.41, 5.74) is 0.576. The van der Waals surface area contributed by atoms with Crippen molar-refractivity contribution in [1.82, 2.24) is 5.32 Å². The monoisotopic (exact) mass is 275 g/mol. The van der Waals surface area contributed by atoms with Crippen LogP contribution in [0.15, 0.2) is 12.2 Å². The molecule has 0 radical (unpaired) electrons. The van der Waals surface area contributed by atoms with E-state index in [4.69, 9.17) is 4.74 Å². The summed E-state index contributed by atoms with van der Waals surface area (Å²) in [6.07, 6.45) is 16.8. The number of allylic oxidation sites excluding steroid dienone is 1. The molecule has 112 valence electrons. The van der Waals surface area contributed by atoms with Gasteiger partial charge in [0, 0.05) is 0 Å². The second kappa shape index (κ2) is 5.46. The fourth-order valence-electron chi connectivity index (χ4n) is 5.83. The molecule has 4 saturated carbocycles. The van der Waals surface area contributed by atoms with Crippen LogP contribution in [0.1, 0.15) is 51.4 Å². The Bertz CT molecular complexity index is 334. The van der Waals surface area contributed by atoms with Crippen molar-refractivity contribution in [2.75, 3.05) is 19.7 Å². The Morgan fingerprint density at radius 3 is 2.15 bits per heavy atom. The number of nitrogens with one attached hydrogen (secondary N) is 1. The minimum atomic E-state index is 0.497. The highest BCUT2D eigenvalue weighted by atomic mass is 16.5. The first-order valence-corrected chi connectivity index (χ1v) is 8.81. The van der Waals surface area contributed by atoms with Gasteiger partial charge in [-0.3, -0.25) is 0 Å². The standard InChI is InChI=1S/C18H29NO/c1(7-20-17-2-5-19-6-3-17)4-18-11-14-8-15(12-18)10-16(9-14)13-18/h1,4,14-17,19H,2-3,5-13H2/b4-1+. The molecule has 4 aliphatic carbocycles. The van der Waals surface area contributed by atoms with Crippen molar-refractivity contribution in [3.05, 3.63) is 12.2 Å². The van der Waals surface area contributed by atoms with E-state index >= 15 is 0 Å². The molecule has 5 aliphatic rings. The summed E-state index contributed by atoms with van der Waals surface area (Å²) in [5, 5.41) is 3.40. The average Bonchev–Trinajstić information content (AvgIpc) is 2.43. The molecule has 1 N–H and O–H groups in total. The van der Waals surface area contributed by atoms with E-state index in [-0.39, 0.29) is 0 Å². The second-order valence-corrected chi connectivity index (χ2v) is 7.96. The molecule has 0 atom stereocenters. The highest BCUT2D eigenvalue weighted by molar-refractivity contribution is 5.10. The first kappa shape index (κ1) is 13.3. The van der Waals surface area contributed by atoms with Gasteiger partial charge in [-0.2, -0.15) is 0 Å². The molecule has 0 aromatic carbocycles. The number of ether oxygens (including phenoxy) is 1. The second-order valence-electron chi connectivity index (χ2n) is 7.96. The average molecular weight is 275 g/mol. The topological polar surface area (TPSA) is 21.3 Å². The number of hydrogen-bond donors (Lipinski definition) is 1. The summed E-state index contributed by atoms with van der Waals surface area (Å²) in [6, 6.07) is 0. The number of rotatable bonds is 4. The molecular weight excluding hydrogens is 246 g/mol. The summed E-state index contributed by atoms with van der Waals surface area (Å²) in [4.78, 5) is 0. The SMILES string of the molecule is C(=C\C12CC3CC(CC(C3)C1)C2)/COC1CCNCC1. The van der Waals surface area contributed by atoms with E-state index in [9.17, 15) is 0 Å². The van der Waals surface area contributed by atoms with Crippen LogP contribution in [-0.4, -0.2) is 25.8 Å². The molecule has 1 heterocycles. The van der Waals surface area contributed by atoms with E-state index in [1.165, 1.54) is 51.4 Å². The van der Waals surface area contributed by atoms with Crippen LogP contribution < -0.4 is 5.32 Å². The lowest BCUT2D eigenvalue weighted by Crippen LogP contribution is -2.45. The lowest BCUT2D eigenvalue weighted by molar-refractivity contribution is -0.0244. The Hall–Kier alpha value is -0.340. The van der Waals surface area contributed by atoms with Gasteiger partial charge in [0.1, 0.15) is 0 Å². The van der Waals surface area contributed by atoms with Crippen LogP contribution in [0.2, 0.25) is 0 Å². The molecule has 2 heteroatoms. The molecule has 5 fully saturated rings. The Kier molecular flexibility index (Phi) is 3.64. The molecule has 4 bridgehead atoms. The zero-order valence-corrected chi connectivity index (χ0v) is 12.7. The van der Waals surface area contributed by atoms with Gasteiger partial charge in [0.2, 0.25) is 0 Å². The molecule has 0 aromatic heterocycles. The lowest BCUT2D eigenvalue weighted by atomic mass is 9.49. The first-order valence-electron chi connectivity index (χ1n) is 8.81. The maximum Gasteiger partial charge on any atom is 0.0651 e. The van der Waals surface area contributed by atoms with Gasteiger partial charge in [-0.25, -0.2) is 0 Å². The van der Waals surface area contributed by atoms with Crippen LogP contribution in [0.3, 0.4) is 0 Å². The van der Waals surface area contributed by atoms with Crippen LogP contribution in [0, 0.1) is 23.2 Å². The van der Waals surface area contributed by atoms with Crippen molar-refractivity contribution < 1.29 is 4.74 Å². The summed E-state index contributed by atoms with van der Waals surface area (Å²) < 4.78 is 6.02. The third kappa shape index (κ3) is 2.69. The van der Waals surface area contributed by atoms with Crippen LogP contribution in [0.4, 0.5) is 0 Å². The molecule has 0 spiro atoms. The predicted molar refractivity (Wildman–Crippen MR) is 81.6 cm³/mol. The van der Waals surface area contributed by atoms with Crippen molar-refractivity contribution in [3.8, 4) is 0 Å². The van der Waals surface area contributed by atoms with Gasteiger partial charge in [-0.1, -0.05) is 12.2 Å². The van der Waals surface area contributed by atoms with Gasteiger partial charge < -0.3 is 10.1 Å². The summed E-state index contributed by atoms with van der Waals surface area (Å²) >= 11 is 0. The van der Waals surface area contributed by atoms with Crippen molar-refractivity contribution in [3.63, 3.8) is 0 Å². The Morgan fingerprint density at radius 2 is 1.55 bits per heavy atom. The van der Waals surface area contributed by atoms with Crippen LogP contribution >= 0.6 is 0 Å². The number of hydrogen-bond acceptors (Lipinski definition) is 2. The van der Waals surface area contributed by atoms with Gasteiger partial charge in [-0.05, 0) is 87.6 Å². The first-order chi connectivity index (χ1) is 9.81. The maximum atomic E-state index is 6.02. The third-order valence-corrected chi connectivity index (χ3v) is 6.27. The van der Waals surface area contributed by atoms with E-state index in [0.717, 1.165) is 37.5 Å². The van der Waals surface area contributed by atoms with Crippen molar-refractivity contribution in [2.24, 2.45) is 23.2 Å². The van der Waals surface area contributed by atoms with Crippen LogP contribution in [-0.2, 0) is 4.74 Å². The molecule has 0 amide bonds. The molecule has 20 heavy (non-hydrogen) atoms.